The minimum atomic E-state index is 0.223. The molecule has 0 radical (unpaired) electrons. The first kappa shape index (κ1) is 21.7. The van der Waals surface area contributed by atoms with Crippen molar-refractivity contribution in [1.29, 1.82) is 0 Å². The molecule has 0 fully saturated rings. The number of hydrogen-bond donors (Lipinski definition) is 0. The molecule has 0 bridgehead atoms. The second-order valence-corrected chi connectivity index (χ2v) is 7.73. The molecule has 0 aromatic heterocycles. The predicted molar refractivity (Wildman–Crippen MR) is 128 cm³/mol. The summed E-state index contributed by atoms with van der Waals surface area (Å²) in [6.45, 7) is 12.5. The Labute approximate surface area is 181 Å². The lowest BCUT2D eigenvalue weighted by Gasteiger charge is -2.14. The van der Waals surface area contributed by atoms with Crippen molar-refractivity contribution in [2.75, 3.05) is 0 Å². The molecule has 2 heteroatoms. The molecule has 3 rings (SSSR count). The van der Waals surface area contributed by atoms with Gasteiger partial charge >= 0.3 is 0 Å². The minimum absolute atomic E-state index is 0.223. The van der Waals surface area contributed by atoms with Gasteiger partial charge < -0.3 is 9.47 Å². The molecule has 0 heterocycles. The maximum atomic E-state index is 5.90. The first-order valence-corrected chi connectivity index (χ1v) is 10.8. The Kier molecular flexibility index (Phi) is 7.35. The van der Waals surface area contributed by atoms with E-state index in [0.29, 0.717) is 0 Å². The largest absolute Gasteiger partial charge is 0.491 e. The molecule has 0 unspecified atom stereocenters. The van der Waals surface area contributed by atoms with E-state index >= 15 is 0 Å². The van der Waals surface area contributed by atoms with E-state index in [9.17, 15) is 0 Å². The summed E-state index contributed by atoms with van der Waals surface area (Å²) < 4.78 is 11.8. The van der Waals surface area contributed by atoms with E-state index in [0.717, 1.165) is 35.5 Å². The van der Waals surface area contributed by atoms with Crippen LogP contribution in [0.4, 0.5) is 0 Å². The van der Waals surface area contributed by atoms with Crippen molar-refractivity contribution in [3.8, 4) is 33.8 Å². The lowest BCUT2D eigenvalue weighted by Crippen LogP contribution is -2.09. The van der Waals surface area contributed by atoms with Gasteiger partial charge in [-0.1, -0.05) is 62.9 Å². The van der Waals surface area contributed by atoms with Gasteiger partial charge in [0.1, 0.15) is 11.5 Å². The van der Waals surface area contributed by atoms with Gasteiger partial charge in [0.05, 0.1) is 12.2 Å². The molecule has 0 spiro atoms. The second-order valence-electron chi connectivity index (χ2n) is 7.73. The van der Waals surface area contributed by atoms with E-state index in [4.69, 9.17) is 9.47 Å². The Balaban J connectivity index is 1.82. The molecule has 0 aliphatic carbocycles. The van der Waals surface area contributed by atoms with Crippen LogP contribution in [0.1, 0.15) is 46.1 Å². The Morgan fingerprint density at radius 2 is 1.17 bits per heavy atom. The van der Waals surface area contributed by atoms with Crippen molar-refractivity contribution in [3.05, 3.63) is 78.9 Å². The molecule has 0 saturated carbocycles. The Morgan fingerprint density at radius 3 is 1.63 bits per heavy atom. The van der Waals surface area contributed by atoms with Crippen molar-refractivity contribution in [1.82, 2.24) is 0 Å². The predicted octanol–water partition coefficient (Wildman–Crippen LogP) is 8.02. The van der Waals surface area contributed by atoms with Crippen LogP contribution in [0, 0.1) is 0 Å². The number of hydrogen-bond acceptors (Lipinski definition) is 2. The van der Waals surface area contributed by atoms with E-state index in [-0.39, 0.29) is 12.2 Å². The van der Waals surface area contributed by atoms with E-state index < -0.39 is 0 Å². The Bertz CT molecular complexity index is 955. The lowest BCUT2D eigenvalue weighted by molar-refractivity contribution is 0.217. The van der Waals surface area contributed by atoms with Crippen molar-refractivity contribution in [2.45, 2.75) is 52.7 Å². The van der Waals surface area contributed by atoms with Gasteiger partial charge in [-0.05, 0) is 84.8 Å². The topological polar surface area (TPSA) is 18.5 Å². The highest BCUT2D eigenvalue weighted by Gasteiger charge is 2.08. The fourth-order valence-electron chi connectivity index (χ4n) is 3.24. The molecule has 0 amide bonds. The summed E-state index contributed by atoms with van der Waals surface area (Å²) in [5.74, 6) is 1.82. The standard InChI is InChI=1S/C28H32O2/c1-6-20(4)29-26-14-9-23(10-15-26)25-13-18-28(22(8-3)19-25)24-11-16-27(17-12-24)30-21(5)7-2/h8-21H,3,6-7H2,1-2,4-5H3/t20-,21-/m0/s1. The van der Waals surface area contributed by atoms with Crippen LogP contribution in [0.25, 0.3) is 28.3 Å². The van der Waals surface area contributed by atoms with Crippen LogP contribution in [-0.4, -0.2) is 12.2 Å². The number of ether oxygens (including phenoxy) is 2. The summed E-state index contributed by atoms with van der Waals surface area (Å²) in [5.41, 5.74) is 5.77. The van der Waals surface area contributed by atoms with Crippen LogP contribution in [0.5, 0.6) is 11.5 Å². The van der Waals surface area contributed by atoms with Gasteiger partial charge in [0.15, 0.2) is 0 Å². The minimum Gasteiger partial charge on any atom is -0.491 e. The van der Waals surface area contributed by atoms with E-state index in [1.54, 1.807) is 0 Å². The molecule has 30 heavy (non-hydrogen) atoms. The average molecular weight is 401 g/mol. The second kappa shape index (κ2) is 10.2. The van der Waals surface area contributed by atoms with Gasteiger partial charge in [-0.2, -0.15) is 0 Å². The van der Waals surface area contributed by atoms with Gasteiger partial charge in [-0.3, -0.25) is 0 Å². The summed E-state index contributed by atoms with van der Waals surface area (Å²) in [6.07, 6.45) is 4.36. The summed E-state index contributed by atoms with van der Waals surface area (Å²) in [4.78, 5) is 0. The maximum Gasteiger partial charge on any atom is 0.119 e. The Hall–Kier alpha value is -3.00. The summed E-state index contributed by atoms with van der Waals surface area (Å²) >= 11 is 0. The first-order chi connectivity index (χ1) is 14.5. The van der Waals surface area contributed by atoms with Crippen LogP contribution < -0.4 is 9.47 Å². The maximum absolute atomic E-state index is 5.90. The average Bonchev–Trinajstić information content (AvgIpc) is 2.79. The third-order valence-electron chi connectivity index (χ3n) is 5.45. The van der Waals surface area contributed by atoms with Crippen LogP contribution in [0.3, 0.4) is 0 Å². The van der Waals surface area contributed by atoms with Crippen LogP contribution in [-0.2, 0) is 0 Å². The van der Waals surface area contributed by atoms with E-state index in [1.807, 2.05) is 30.3 Å². The van der Waals surface area contributed by atoms with Gasteiger partial charge in [0.2, 0.25) is 0 Å². The quantitative estimate of drug-likeness (QED) is 0.362. The van der Waals surface area contributed by atoms with Gasteiger partial charge in [0.25, 0.3) is 0 Å². The van der Waals surface area contributed by atoms with Gasteiger partial charge in [-0.15, -0.1) is 0 Å². The molecule has 2 nitrogen and oxygen atoms in total. The van der Waals surface area contributed by atoms with Gasteiger partial charge in [0, 0.05) is 0 Å². The number of rotatable bonds is 9. The first-order valence-electron chi connectivity index (χ1n) is 10.8. The zero-order valence-corrected chi connectivity index (χ0v) is 18.5. The lowest BCUT2D eigenvalue weighted by atomic mass is 9.95. The zero-order valence-electron chi connectivity index (χ0n) is 18.5. The smallest absolute Gasteiger partial charge is 0.119 e. The third-order valence-corrected chi connectivity index (χ3v) is 5.45. The molecule has 3 aromatic carbocycles. The normalized spacial score (nSPS) is 12.8. The summed E-state index contributed by atoms with van der Waals surface area (Å²) in [5, 5.41) is 0. The van der Waals surface area contributed by atoms with Crippen molar-refractivity contribution in [2.24, 2.45) is 0 Å². The number of benzene rings is 3. The summed E-state index contributed by atoms with van der Waals surface area (Å²) in [7, 11) is 0. The van der Waals surface area contributed by atoms with Crippen molar-refractivity contribution < 1.29 is 9.47 Å². The van der Waals surface area contributed by atoms with Crippen LogP contribution in [0.2, 0.25) is 0 Å². The highest BCUT2D eigenvalue weighted by Crippen LogP contribution is 2.31. The fraction of sp³-hybridized carbons (Fsp3) is 0.286. The third kappa shape index (κ3) is 5.33. The highest BCUT2D eigenvalue weighted by molar-refractivity contribution is 5.79. The molecule has 3 aromatic rings. The van der Waals surface area contributed by atoms with Crippen molar-refractivity contribution in [3.63, 3.8) is 0 Å². The van der Waals surface area contributed by atoms with E-state index in [2.05, 4.69) is 76.7 Å². The molecule has 0 saturated heterocycles. The molecule has 0 aliphatic heterocycles. The Morgan fingerprint density at radius 1 is 0.700 bits per heavy atom. The molecule has 2 atom stereocenters. The monoisotopic (exact) mass is 400 g/mol. The molecular formula is C28H32O2. The highest BCUT2D eigenvalue weighted by atomic mass is 16.5. The van der Waals surface area contributed by atoms with Crippen molar-refractivity contribution >= 4 is 6.08 Å². The zero-order chi connectivity index (χ0) is 21.5. The van der Waals surface area contributed by atoms with Crippen LogP contribution >= 0.6 is 0 Å². The SMILES string of the molecule is C=Cc1cc(-c2ccc(O[C@@H](C)CC)cc2)ccc1-c1ccc(O[C@@H](C)CC)cc1. The van der Waals surface area contributed by atoms with E-state index in [1.165, 1.54) is 16.7 Å². The van der Waals surface area contributed by atoms with Crippen LogP contribution in [0.15, 0.2) is 73.3 Å². The molecular weight excluding hydrogens is 368 g/mol. The fourth-order valence-corrected chi connectivity index (χ4v) is 3.24. The molecule has 156 valence electrons. The van der Waals surface area contributed by atoms with Gasteiger partial charge in [-0.25, -0.2) is 0 Å². The molecule has 0 aliphatic rings. The molecule has 0 N–H and O–H groups in total. The summed E-state index contributed by atoms with van der Waals surface area (Å²) in [6, 6.07) is 23.1.